The van der Waals surface area contributed by atoms with E-state index in [0.29, 0.717) is 23.0 Å². The van der Waals surface area contributed by atoms with E-state index >= 15 is 0 Å². The molecule has 4 aromatic rings. The highest BCUT2D eigenvalue weighted by Crippen LogP contribution is 2.37. The number of nitrogens with zero attached hydrogens (tertiary/aromatic N) is 2. The van der Waals surface area contributed by atoms with Crippen LogP contribution in [0.3, 0.4) is 0 Å². The molecule has 0 spiro atoms. The molecule has 244 valence electrons. The highest BCUT2D eigenvalue weighted by molar-refractivity contribution is 7.91. The van der Waals surface area contributed by atoms with Gasteiger partial charge >= 0.3 is 0 Å². The summed E-state index contributed by atoms with van der Waals surface area (Å²) in [5, 5.41) is 0. The summed E-state index contributed by atoms with van der Waals surface area (Å²) in [6.07, 6.45) is 0.863. The van der Waals surface area contributed by atoms with Crippen LogP contribution in [0.2, 0.25) is 0 Å². The van der Waals surface area contributed by atoms with Gasteiger partial charge in [0.25, 0.3) is 0 Å². The molecule has 4 unspecified atom stereocenters. The predicted octanol–water partition coefficient (Wildman–Crippen LogP) is 5.31. The molecule has 47 heavy (non-hydrogen) atoms. The van der Waals surface area contributed by atoms with Crippen LogP contribution in [0.1, 0.15) is 0 Å². The van der Waals surface area contributed by atoms with Gasteiger partial charge in [-0.05, 0) is 72.8 Å². The lowest BCUT2D eigenvalue weighted by molar-refractivity contribution is 0.387. The van der Waals surface area contributed by atoms with E-state index in [1.807, 2.05) is 48.5 Å². The van der Waals surface area contributed by atoms with Crippen molar-refractivity contribution in [1.29, 1.82) is 0 Å². The lowest BCUT2D eigenvalue weighted by Gasteiger charge is -2.25. The number of benzene rings is 4. The molecule has 10 nitrogen and oxygen atoms in total. The van der Waals surface area contributed by atoms with Crippen LogP contribution in [-0.2, 0) is 28.8 Å². The Morgan fingerprint density at radius 1 is 0.511 bits per heavy atom. The van der Waals surface area contributed by atoms with Crippen LogP contribution in [0, 0.1) is 0 Å². The maximum absolute atomic E-state index is 13.6. The van der Waals surface area contributed by atoms with Gasteiger partial charge in [0.05, 0.1) is 72.0 Å². The predicted molar refractivity (Wildman–Crippen MR) is 175 cm³/mol. The van der Waals surface area contributed by atoms with Crippen molar-refractivity contribution >= 4 is 21.2 Å². The summed E-state index contributed by atoms with van der Waals surface area (Å²) in [7, 11) is -3.77. The first kappa shape index (κ1) is 30.2. The fraction of sp³-hybridized carbons (Fsp3) is 0.333. The molecule has 4 fully saturated rings. The molecule has 0 N–H and O–H groups in total. The summed E-state index contributed by atoms with van der Waals surface area (Å²) in [5.74, 6) is 2.46. The third kappa shape index (κ3) is 7.55. The van der Waals surface area contributed by atoms with Gasteiger partial charge in [-0.3, -0.25) is 0 Å². The normalized spacial score (nSPS) is 22.3. The number of hydrogen-bond donors (Lipinski definition) is 0. The van der Waals surface area contributed by atoms with Gasteiger partial charge in [0, 0.05) is 26.2 Å². The van der Waals surface area contributed by atoms with Crippen LogP contribution in [0.4, 0.5) is 11.4 Å². The Labute approximate surface area is 274 Å². The standard InChI is InChI=1S/C36H36N2O8S/c39-47(40,31-13-9-25(10-14-31)45-35-7-3-1-5-33(35)37(17-27-21-41-27)18-28-22-42-28)32-15-11-26(12-16-32)46-36-8-4-2-6-34(36)38(19-29-23-43-29)20-30-24-44-30/h1-16,27-30H,17-24H2. The van der Waals surface area contributed by atoms with Gasteiger partial charge in [-0.2, -0.15) is 0 Å². The number of sulfone groups is 1. The number of rotatable bonds is 16. The summed E-state index contributed by atoms with van der Waals surface area (Å²) in [4.78, 5) is 4.82. The average molecular weight is 657 g/mol. The van der Waals surface area contributed by atoms with E-state index in [9.17, 15) is 8.42 Å². The van der Waals surface area contributed by atoms with Crippen molar-refractivity contribution in [1.82, 2.24) is 0 Å². The van der Waals surface area contributed by atoms with E-state index in [2.05, 4.69) is 9.80 Å². The lowest BCUT2D eigenvalue weighted by Crippen LogP contribution is -2.31. The minimum Gasteiger partial charge on any atom is -0.455 e. The number of ether oxygens (including phenoxy) is 6. The zero-order valence-electron chi connectivity index (χ0n) is 25.8. The Morgan fingerprint density at radius 2 is 0.830 bits per heavy atom. The quantitative estimate of drug-likeness (QED) is 0.147. The Balaban J connectivity index is 0.952. The second kappa shape index (κ2) is 12.8. The van der Waals surface area contributed by atoms with Crippen LogP contribution >= 0.6 is 0 Å². The molecule has 0 radical (unpaired) electrons. The highest BCUT2D eigenvalue weighted by Gasteiger charge is 2.33. The molecule has 4 saturated heterocycles. The first-order valence-corrected chi connectivity index (χ1v) is 17.4. The molecule has 0 amide bonds. The molecule has 0 saturated carbocycles. The molecule has 8 rings (SSSR count). The maximum Gasteiger partial charge on any atom is 0.206 e. The van der Waals surface area contributed by atoms with Crippen molar-refractivity contribution in [2.75, 3.05) is 62.4 Å². The van der Waals surface area contributed by atoms with E-state index in [1.54, 1.807) is 48.5 Å². The van der Waals surface area contributed by atoms with Gasteiger partial charge in [0.1, 0.15) is 11.5 Å². The molecule has 4 aromatic carbocycles. The maximum atomic E-state index is 13.6. The number of para-hydroxylation sites is 4. The van der Waals surface area contributed by atoms with Crippen LogP contribution in [-0.4, -0.2) is 85.4 Å². The monoisotopic (exact) mass is 656 g/mol. The van der Waals surface area contributed by atoms with E-state index in [4.69, 9.17) is 28.4 Å². The Kier molecular flexibility index (Phi) is 8.24. The Bertz CT molecular complexity index is 1650. The number of hydrogen-bond acceptors (Lipinski definition) is 10. The first-order valence-electron chi connectivity index (χ1n) is 15.9. The lowest BCUT2D eigenvalue weighted by atomic mass is 10.2. The largest absolute Gasteiger partial charge is 0.455 e. The van der Waals surface area contributed by atoms with Gasteiger partial charge < -0.3 is 38.2 Å². The highest BCUT2D eigenvalue weighted by atomic mass is 32.2. The van der Waals surface area contributed by atoms with Crippen LogP contribution in [0.15, 0.2) is 107 Å². The third-order valence-electron chi connectivity index (χ3n) is 8.44. The number of anilines is 2. The fourth-order valence-electron chi connectivity index (χ4n) is 5.59. The number of epoxide rings is 4. The van der Waals surface area contributed by atoms with Gasteiger partial charge in [-0.15, -0.1) is 0 Å². The topological polar surface area (TPSA) is 109 Å². The van der Waals surface area contributed by atoms with Gasteiger partial charge in [-0.1, -0.05) is 24.3 Å². The van der Waals surface area contributed by atoms with Crippen LogP contribution < -0.4 is 19.3 Å². The van der Waals surface area contributed by atoms with Crippen molar-refractivity contribution in [2.45, 2.75) is 34.2 Å². The van der Waals surface area contributed by atoms with Gasteiger partial charge in [0.15, 0.2) is 11.5 Å². The van der Waals surface area contributed by atoms with E-state index in [0.717, 1.165) is 64.0 Å². The van der Waals surface area contributed by atoms with Gasteiger partial charge in [0.2, 0.25) is 9.84 Å². The summed E-state index contributed by atoms with van der Waals surface area (Å²) >= 11 is 0. The third-order valence-corrected chi connectivity index (χ3v) is 10.2. The molecular formula is C36H36N2O8S. The molecule has 4 aliphatic rings. The second-order valence-electron chi connectivity index (χ2n) is 12.2. The molecule has 4 atom stereocenters. The van der Waals surface area contributed by atoms with Crippen LogP contribution in [0.5, 0.6) is 23.0 Å². The van der Waals surface area contributed by atoms with E-state index in [1.165, 1.54) is 0 Å². The summed E-state index contributed by atoms with van der Waals surface area (Å²) < 4.78 is 61.5. The smallest absolute Gasteiger partial charge is 0.206 e. The van der Waals surface area contributed by atoms with Gasteiger partial charge in [-0.25, -0.2) is 8.42 Å². The minimum atomic E-state index is -3.77. The zero-order valence-corrected chi connectivity index (χ0v) is 26.6. The second-order valence-corrected chi connectivity index (χ2v) is 14.2. The molecular weight excluding hydrogens is 620 g/mol. The Morgan fingerprint density at radius 3 is 1.15 bits per heavy atom. The zero-order chi connectivity index (χ0) is 31.8. The molecule has 0 aromatic heterocycles. The van der Waals surface area contributed by atoms with E-state index in [-0.39, 0.29) is 34.2 Å². The fourth-order valence-corrected chi connectivity index (χ4v) is 6.85. The van der Waals surface area contributed by atoms with Crippen LogP contribution in [0.25, 0.3) is 0 Å². The van der Waals surface area contributed by atoms with Crippen molar-refractivity contribution in [3.05, 3.63) is 97.1 Å². The molecule has 4 heterocycles. The Hall–Kier alpha value is -4.13. The van der Waals surface area contributed by atoms with Crippen molar-refractivity contribution in [3.63, 3.8) is 0 Å². The summed E-state index contributed by atoms with van der Waals surface area (Å²) in [6, 6.07) is 28.7. The summed E-state index contributed by atoms with van der Waals surface area (Å²) in [5.41, 5.74) is 1.89. The minimum absolute atomic E-state index is 0.177. The molecule has 11 heteroatoms. The SMILES string of the molecule is O=S(=O)(c1ccc(Oc2ccccc2N(CC2CO2)CC2CO2)cc1)c1ccc(Oc2ccccc2N(CC2CO2)CC2CO2)cc1. The first-order chi connectivity index (χ1) is 23.0. The molecule has 4 aliphatic heterocycles. The average Bonchev–Trinajstić information content (AvgIpc) is 3.89. The van der Waals surface area contributed by atoms with E-state index < -0.39 is 9.84 Å². The molecule has 0 bridgehead atoms. The van der Waals surface area contributed by atoms with Crippen molar-refractivity contribution < 1.29 is 36.8 Å². The van der Waals surface area contributed by atoms with Crippen molar-refractivity contribution in [2.24, 2.45) is 0 Å². The van der Waals surface area contributed by atoms with Crippen molar-refractivity contribution in [3.8, 4) is 23.0 Å². The summed E-state index contributed by atoms with van der Waals surface area (Å²) in [6.45, 7) is 6.09. The molecule has 0 aliphatic carbocycles.